The first-order valence-corrected chi connectivity index (χ1v) is 3.83. The number of aromatic amines is 1. The van der Waals surface area contributed by atoms with Crippen LogP contribution in [0.1, 0.15) is 5.56 Å². The van der Waals surface area contributed by atoms with Crippen LogP contribution in [0, 0.1) is 5.82 Å². The lowest BCUT2D eigenvalue weighted by Gasteiger charge is -2.07. The highest BCUT2D eigenvalue weighted by molar-refractivity contribution is 5.80. The molecule has 2 aromatic rings. The van der Waals surface area contributed by atoms with E-state index >= 15 is 0 Å². The zero-order chi connectivity index (χ0) is 10.3. The third-order valence-electron chi connectivity index (χ3n) is 1.97. The predicted molar refractivity (Wildman–Crippen MR) is 43.3 cm³/mol. The number of H-pyrrole nitrogens is 1. The standard InChI is InChI=1S/C9H5F4N/c10-7-6(9(11,12)13)2-1-5-3-4-14-8(5)7/h1-4,14H. The molecule has 0 spiro atoms. The lowest BCUT2D eigenvalue weighted by atomic mass is 10.1. The molecule has 74 valence electrons. The first-order valence-electron chi connectivity index (χ1n) is 3.83. The highest BCUT2D eigenvalue weighted by Crippen LogP contribution is 2.33. The Morgan fingerprint density at radius 1 is 1.07 bits per heavy atom. The van der Waals surface area contributed by atoms with E-state index in [4.69, 9.17) is 0 Å². The van der Waals surface area contributed by atoms with Gasteiger partial charge in [0.2, 0.25) is 0 Å². The van der Waals surface area contributed by atoms with Crippen molar-refractivity contribution in [3.8, 4) is 0 Å². The monoisotopic (exact) mass is 203 g/mol. The molecule has 1 aromatic heterocycles. The lowest BCUT2D eigenvalue weighted by molar-refractivity contribution is -0.139. The predicted octanol–water partition coefficient (Wildman–Crippen LogP) is 3.33. The molecule has 1 aromatic carbocycles. The molecule has 0 saturated carbocycles. The fourth-order valence-corrected chi connectivity index (χ4v) is 1.31. The summed E-state index contributed by atoms with van der Waals surface area (Å²) < 4.78 is 49.9. The van der Waals surface area contributed by atoms with E-state index in [1.54, 1.807) is 0 Å². The Labute approximate surface area is 76.3 Å². The summed E-state index contributed by atoms with van der Waals surface area (Å²) >= 11 is 0. The summed E-state index contributed by atoms with van der Waals surface area (Å²) in [5.74, 6) is -1.25. The number of benzene rings is 1. The second kappa shape index (κ2) is 2.73. The normalized spacial score (nSPS) is 12.3. The minimum atomic E-state index is -4.65. The molecule has 1 nitrogen and oxygen atoms in total. The molecule has 2 rings (SSSR count). The molecule has 0 amide bonds. The largest absolute Gasteiger partial charge is 0.419 e. The zero-order valence-electron chi connectivity index (χ0n) is 6.82. The number of rotatable bonds is 0. The summed E-state index contributed by atoms with van der Waals surface area (Å²) in [5.41, 5.74) is -1.35. The first kappa shape index (κ1) is 9.05. The maximum absolute atomic E-state index is 13.2. The average molecular weight is 203 g/mol. The quantitative estimate of drug-likeness (QED) is 0.632. The molecule has 0 aliphatic rings. The van der Waals surface area contributed by atoms with Crippen LogP contribution in [-0.2, 0) is 6.18 Å². The summed E-state index contributed by atoms with van der Waals surface area (Å²) in [6, 6.07) is 3.49. The number of fused-ring (bicyclic) bond motifs is 1. The Hall–Kier alpha value is -1.52. The Balaban J connectivity index is 2.74. The maximum atomic E-state index is 13.2. The van der Waals surface area contributed by atoms with Gasteiger partial charge in [0.25, 0.3) is 0 Å². The van der Waals surface area contributed by atoms with Crippen molar-refractivity contribution in [2.24, 2.45) is 0 Å². The van der Waals surface area contributed by atoms with Crippen LogP contribution < -0.4 is 0 Å². The Bertz CT molecular complexity index is 469. The molecule has 0 radical (unpaired) electrons. The molecule has 5 heteroatoms. The molecule has 0 fully saturated rings. The van der Waals surface area contributed by atoms with Gasteiger partial charge in [0.05, 0.1) is 11.1 Å². The van der Waals surface area contributed by atoms with Gasteiger partial charge in [-0.05, 0) is 12.1 Å². The van der Waals surface area contributed by atoms with E-state index in [-0.39, 0.29) is 5.52 Å². The van der Waals surface area contributed by atoms with Gasteiger partial charge in [-0.15, -0.1) is 0 Å². The third-order valence-corrected chi connectivity index (χ3v) is 1.97. The average Bonchev–Trinajstić information content (AvgIpc) is 2.50. The number of nitrogens with one attached hydrogen (secondary N) is 1. The van der Waals surface area contributed by atoms with Gasteiger partial charge in [0, 0.05) is 11.6 Å². The number of aromatic nitrogens is 1. The highest BCUT2D eigenvalue weighted by Gasteiger charge is 2.34. The van der Waals surface area contributed by atoms with E-state index in [1.807, 2.05) is 0 Å². The van der Waals surface area contributed by atoms with Crippen molar-refractivity contribution in [1.82, 2.24) is 4.98 Å². The van der Waals surface area contributed by atoms with E-state index in [1.165, 1.54) is 18.3 Å². The molecule has 14 heavy (non-hydrogen) atoms. The topological polar surface area (TPSA) is 15.8 Å². The Morgan fingerprint density at radius 2 is 1.79 bits per heavy atom. The van der Waals surface area contributed by atoms with Crippen molar-refractivity contribution < 1.29 is 17.6 Å². The summed E-state index contributed by atoms with van der Waals surface area (Å²) in [6.07, 6.45) is -3.25. The van der Waals surface area contributed by atoms with Crippen LogP contribution in [0.15, 0.2) is 24.4 Å². The first-order chi connectivity index (χ1) is 6.50. The SMILES string of the molecule is Fc1c(C(F)(F)F)ccc2cc[nH]c12. The zero-order valence-corrected chi connectivity index (χ0v) is 6.82. The van der Waals surface area contributed by atoms with E-state index in [0.29, 0.717) is 5.39 Å². The van der Waals surface area contributed by atoms with Gasteiger partial charge in [-0.2, -0.15) is 13.2 Å². The summed E-state index contributed by atoms with van der Waals surface area (Å²) in [6.45, 7) is 0. The van der Waals surface area contributed by atoms with Crippen LogP contribution in [0.2, 0.25) is 0 Å². The highest BCUT2D eigenvalue weighted by atomic mass is 19.4. The van der Waals surface area contributed by atoms with Crippen molar-refractivity contribution in [2.75, 3.05) is 0 Å². The van der Waals surface area contributed by atoms with Gasteiger partial charge in [0.15, 0.2) is 5.82 Å². The number of halogens is 4. The van der Waals surface area contributed by atoms with Gasteiger partial charge in [-0.3, -0.25) is 0 Å². The van der Waals surface area contributed by atoms with Crippen molar-refractivity contribution in [1.29, 1.82) is 0 Å². The van der Waals surface area contributed by atoms with Crippen LogP contribution in [-0.4, -0.2) is 4.98 Å². The van der Waals surface area contributed by atoms with Gasteiger partial charge in [-0.25, -0.2) is 4.39 Å². The minimum Gasteiger partial charge on any atom is -0.359 e. The molecule has 0 aliphatic heterocycles. The van der Waals surface area contributed by atoms with Crippen LogP contribution in [0.25, 0.3) is 10.9 Å². The van der Waals surface area contributed by atoms with Crippen LogP contribution in [0.4, 0.5) is 17.6 Å². The van der Waals surface area contributed by atoms with E-state index < -0.39 is 17.6 Å². The fraction of sp³-hybridized carbons (Fsp3) is 0.111. The molecule has 0 unspecified atom stereocenters. The summed E-state index contributed by atoms with van der Waals surface area (Å²) in [5, 5.41) is 0.426. The summed E-state index contributed by atoms with van der Waals surface area (Å²) in [7, 11) is 0. The molecule has 1 heterocycles. The Kier molecular flexibility index (Phi) is 1.77. The number of hydrogen-bond acceptors (Lipinski definition) is 0. The van der Waals surface area contributed by atoms with Gasteiger partial charge < -0.3 is 4.98 Å². The van der Waals surface area contributed by atoms with Gasteiger partial charge >= 0.3 is 6.18 Å². The number of alkyl halides is 3. The second-order valence-corrected chi connectivity index (χ2v) is 2.87. The van der Waals surface area contributed by atoms with Gasteiger partial charge in [-0.1, -0.05) is 6.07 Å². The summed E-state index contributed by atoms with van der Waals surface area (Å²) in [4.78, 5) is 2.43. The third kappa shape index (κ3) is 1.25. The molecule has 0 atom stereocenters. The molecular formula is C9H5F4N. The molecule has 0 bridgehead atoms. The lowest BCUT2D eigenvalue weighted by Crippen LogP contribution is -2.08. The molecule has 1 N–H and O–H groups in total. The minimum absolute atomic E-state index is 0.111. The van der Waals surface area contributed by atoms with Crippen LogP contribution >= 0.6 is 0 Å². The second-order valence-electron chi connectivity index (χ2n) is 2.87. The van der Waals surface area contributed by atoms with Crippen molar-refractivity contribution in [3.05, 3.63) is 35.8 Å². The number of hydrogen-bond donors (Lipinski definition) is 1. The smallest absolute Gasteiger partial charge is 0.359 e. The van der Waals surface area contributed by atoms with Crippen molar-refractivity contribution in [2.45, 2.75) is 6.18 Å². The van der Waals surface area contributed by atoms with E-state index in [2.05, 4.69) is 4.98 Å². The van der Waals surface area contributed by atoms with Crippen molar-refractivity contribution in [3.63, 3.8) is 0 Å². The van der Waals surface area contributed by atoms with Crippen LogP contribution in [0.3, 0.4) is 0 Å². The van der Waals surface area contributed by atoms with Crippen LogP contribution in [0.5, 0.6) is 0 Å². The molecule has 0 saturated heterocycles. The van der Waals surface area contributed by atoms with Crippen molar-refractivity contribution >= 4 is 10.9 Å². The van der Waals surface area contributed by atoms with E-state index in [9.17, 15) is 17.6 Å². The maximum Gasteiger partial charge on any atom is 0.419 e. The van der Waals surface area contributed by atoms with Gasteiger partial charge in [0.1, 0.15) is 0 Å². The molecule has 0 aliphatic carbocycles. The fourth-order valence-electron chi connectivity index (χ4n) is 1.31. The van der Waals surface area contributed by atoms with E-state index in [0.717, 1.165) is 6.07 Å². The molecular weight excluding hydrogens is 198 g/mol. The Morgan fingerprint density at radius 3 is 2.43 bits per heavy atom.